The Bertz CT molecular complexity index is 1040. The summed E-state index contributed by atoms with van der Waals surface area (Å²) in [5.41, 5.74) is 2.08. The molecule has 0 aliphatic carbocycles. The second kappa shape index (κ2) is 6.50. The van der Waals surface area contributed by atoms with Crippen molar-refractivity contribution in [2.24, 2.45) is 0 Å². The Morgan fingerprint density at radius 2 is 1.32 bits per heavy atom. The van der Waals surface area contributed by atoms with Gasteiger partial charge in [0.05, 0.1) is 0 Å². The van der Waals surface area contributed by atoms with Crippen LogP contribution in [0, 0.1) is 0 Å². The second-order valence-corrected chi connectivity index (χ2v) is 6.57. The Labute approximate surface area is 145 Å². The zero-order chi connectivity index (χ0) is 17.2. The van der Waals surface area contributed by atoms with Crippen LogP contribution in [-0.2, 0) is 0 Å². The van der Waals surface area contributed by atoms with Crippen molar-refractivity contribution in [3.05, 3.63) is 78.4 Å². The predicted octanol–water partition coefficient (Wildman–Crippen LogP) is 6.33. The summed E-state index contributed by atoms with van der Waals surface area (Å²) >= 11 is 0. The van der Waals surface area contributed by atoms with Crippen molar-refractivity contribution in [3.63, 3.8) is 0 Å². The van der Waals surface area contributed by atoms with Gasteiger partial charge in [-0.1, -0.05) is 36.4 Å². The molecule has 0 amide bonds. The van der Waals surface area contributed by atoms with Crippen LogP contribution in [0.15, 0.2) is 81.2 Å². The van der Waals surface area contributed by atoms with Gasteiger partial charge in [-0.2, -0.15) is 0 Å². The summed E-state index contributed by atoms with van der Waals surface area (Å²) in [6.45, 7) is 1.53. The molecule has 0 radical (unpaired) electrons. The highest BCUT2D eigenvalue weighted by molar-refractivity contribution is 7.32. The zero-order valence-corrected chi connectivity index (χ0v) is 14.4. The first-order chi connectivity index (χ1) is 12.2. The number of carbonyl (C=O) groups excluding carboxylic acids is 1. The molecule has 0 fully saturated rings. The third kappa shape index (κ3) is 3.17. The highest BCUT2D eigenvalue weighted by atomic mass is 31.1. The van der Waals surface area contributed by atoms with Crippen molar-refractivity contribution in [2.45, 2.75) is 6.92 Å². The number of rotatable bonds is 3. The molecule has 1 aromatic heterocycles. The average molecular weight is 350 g/mol. The summed E-state index contributed by atoms with van der Waals surface area (Å²) in [6, 6.07) is 22.5. The molecule has 4 nitrogen and oxygen atoms in total. The largest absolute Gasteiger partial charge is 0.453 e. The number of ketones is 1. The molecule has 0 aliphatic heterocycles. The van der Waals surface area contributed by atoms with Crippen molar-refractivity contribution < 1.29 is 17.7 Å². The van der Waals surface area contributed by atoms with Gasteiger partial charge < -0.3 is 12.9 Å². The molecule has 4 aromatic rings. The minimum atomic E-state index is -1.66. The van der Waals surface area contributed by atoms with E-state index in [1.807, 2.05) is 48.5 Å². The van der Waals surface area contributed by atoms with E-state index in [1.165, 1.54) is 6.92 Å². The molecule has 0 unspecified atom stereocenters. The first kappa shape index (κ1) is 15.6. The van der Waals surface area contributed by atoms with Crippen LogP contribution in [0.25, 0.3) is 21.9 Å². The molecule has 0 atom stereocenters. The van der Waals surface area contributed by atoms with Gasteiger partial charge in [0.2, 0.25) is 0 Å². The Hall–Kier alpha value is -2.97. The van der Waals surface area contributed by atoms with E-state index < -0.39 is 8.24 Å². The van der Waals surface area contributed by atoms with Gasteiger partial charge in [0.15, 0.2) is 5.78 Å². The molecule has 4 rings (SSSR count). The number of hydrogen-bond donors (Lipinski definition) is 0. The van der Waals surface area contributed by atoms with Crippen molar-refractivity contribution in [3.8, 4) is 5.75 Å². The van der Waals surface area contributed by atoms with E-state index in [2.05, 4.69) is 0 Å². The van der Waals surface area contributed by atoms with E-state index in [4.69, 9.17) is 12.9 Å². The van der Waals surface area contributed by atoms with Crippen molar-refractivity contribution in [1.82, 2.24) is 0 Å². The molecular formula is C20H15O4P. The van der Waals surface area contributed by atoms with Crippen molar-refractivity contribution in [2.75, 3.05) is 0 Å². The fraction of sp³-hybridized carbons (Fsp3) is 0.0500. The van der Waals surface area contributed by atoms with Gasteiger partial charge in [0.1, 0.15) is 16.9 Å². The van der Waals surface area contributed by atoms with Crippen LogP contribution < -0.4 is 4.52 Å². The second-order valence-electron chi connectivity index (χ2n) is 5.57. The lowest BCUT2D eigenvalue weighted by molar-refractivity contribution is 0.101. The average Bonchev–Trinajstić information content (AvgIpc) is 2.78. The molecule has 1 heterocycles. The van der Waals surface area contributed by atoms with Crippen LogP contribution in [0.2, 0.25) is 0 Å². The Morgan fingerprint density at radius 1 is 0.800 bits per heavy atom. The summed E-state index contributed by atoms with van der Waals surface area (Å²) in [4.78, 5) is 11.4. The van der Waals surface area contributed by atoms with Crippen LogP contribution in [0.5, 0.6) is 5.75 Å². The smallest absolute Gasteiger partial charge is 0.391 e. The van der Waals surface area contributed by atoms with Gasteiger partial charge in [0.25, 0.3) is 0 Å². The molecule has 0 saturated heterocycles. The molecule has 0 bridgehead atoms. The topological polar surface area (TPSA) is 52.6 Å². The summed E-state index contributed by atoms with van der Waals surface area (Å²) in [7, 11) is -1.66. The van der Waals surface area contributed by atoms with Gasteiger partial charge in [-0.3, -0.25) is 4.79 Å². The summed E-state index contributed by atoms with van der Waals surface area (Å²) in [6.07, 6.45) is 0. The van der Waals surface area contributed by atoms with Gasteiger partial charge in [0, 0.05) is 16.3 Å². The van der Waals surface area contributed by atoms with Gasteiger partial charge in [-0.25, -0.2) is 0 Å². The summed E-state index contributed by atoms with van der Waals surface area (Å²) in [5.74, 6) is 0.607. The normalized spacial score (nSPS) is 10.8. The lowest BCUT2D eigenvalue weighted by Crippen LogP contribution is -1.90. The number of hydrogen-bond acceptors (Lipinski definition) is 4. The molecular weight excluding hydrogens is 335 g/mol. The maximum atomic E-state index is 11.4. The molecule has 3 aromatic carbocycles. The number of benzene rings is 3. The Balaban J connectivity index is 1.85. The molecule has 0 spiro atoms. The van der Waals surface area contributed by atoms with E-state index in [1.54, 1.807) is 24.3 Å². The first-order valence-electron chi connectivity index (χ1n) is 7.84. The quantitative estimate of drug-likeness (QED) is 0.405. The lowest BCUT2D eigenvalue weighted by atomic mass is 10.1. The fourth-order valence-electron chi connectivity index (χ4n) is 2.59. The molecule has 25 heavy (non-hydrogen) atoms. The van der Waals surface area contributed by atoms with Crippen LogP contribution in [0.3, 0.4) is 0 Å². The molecule has 5 heteroatoms. The van der Waals surface area contributed by atoms with Crippen LogP contribution >= 0.6 is 8.24 Å². The number of carbonyl (C=O) groups is 1. The van der Waals surface area contributed by atoms with Crippen LogP contribution in [0.1, 0.15) is 17.3 Å². The van der Waals surface area contributed by atoms with Crippen LogP contribution in [0.4, 0.5) is 0 Å². The standard InChI is InChI=1S/C20H15O4P/c1-14(21)15-10-12-16(13-11-15)22-25-23-19-8-4-2-6-17(19)18-7-3-5-9-20(18)24-25/h2-13H,1H3. The van der Waals surface area contributed by atoms with Gasteiger partial charge in [-0.15, -0.1) is 0 Å². The minimum Gasteiger partial charge on any atom is -0.391 e. The van der Waals surface area contributed by atoms with Crippen molar-refractivity contribution in [1.29, 1.82) is 0 Å². The monoisotopic (exact) mass is 350 g/mol. The van der Waals surface area contributed by atoms with E-state index >= 15 is 0 Å². The molecule has 124 valence electrons. The highest BCUT2D eigenvalue weighted by Gasteiger charge is 2.08. The molecule has 0 N–H and O–H groups in total. The molecule has 0 saturated carbocycles. The van der Waals surface area contributed by atoms with E-state index in [0.29, 0.717) is 11.3 Å². The maximum Gasteiger partial charge on any atom is 0.453 e. The Kier molecular flexibility index (Phi) is 4.04. The number of Topliss-reactive ketones (excluding diaryl/α,β-unsaturated/α-hetero) is 1. The first-order valence-corrected chi connectivity index (χ1v) is 8.94. The summed E-state index contributed by atoms with van der Waals surface area (Å²) < 4.78 is 17.8. The lowest BCUT2D eigenvalue weighted by Gasteiger charge is -2.02. The zero-order valence-electron chi connectivity index (χ0n) is 13.5. The highest BCUT2D eigenvalue weighted by Crippen LogP contribution is 2.36. The summed E-state index contributed by atoms with van der Waals surface area (Å²) in [5, 5.41) is 1.94. The van der Waals surface area contributed by atoms with E-state index in [9.17, 15) is 4.79 Å². The minimum absolute atomic E-state index is 0.0158. The fourth-order valence-corrected chi connectivity index (χ4v) is 3.64. The third-order valence-corrected chi connectivity index (χ3v) is 4.90. The predicted molar refractivity (Wildman–Crippen MR) is 98.8 cm³/mol. The van der Waals surface area contributed by atoms with Gasteiger partial charge >= 0.3 is 8.24 Å². The maximum absolute atomic E-state index is 11.4. The number of para-hydroxylation sites is 2. The van der Waals surface area contributed by atoms with Crippen LogP contribution in [-0.4, -0.2) is 5.78 Å². The number of fused-ring (bicyclic) bond motifs is 3. The Morgan fingerprint density at radius 3 is 1.84 bits per heavy atom. The van der Waals surface area contributed by atoms with Crippen molar-refractivity contribution >= 4 is 36.0 Å². The van der Waals surface area contributed by atoms with E-state index in [-0.39, 0.29) is 5.78 Å². The molecule has 0 aliphatic rings. The third-order valence-electron chi connectivity index (χ3n) is 3.85. The van der Waals surface area contributed by atoms with E-state index in [0.717, 1.165) is 21.9 Å². The SMILES string of the molecule is CC(=O)c1ccc(Op2oc3ccccc3c3ccccc3o2)cc1. The van der Waals surface area contributed by atoms with Gasteiger partial charge in [-0.05, 0) is 43.3 Å².